The Balaban J connectivity index is 2.33. The number of carbonyl (C=O) groups excluding carboxylic acids is 1. The van der Waals surface area contributed by atoms with Gasteiger partial charge >= 0.3 is 0 Å². The number of ketones is 1. The fourth-order valence-corrected chi connectivity index (χ4v) is 2.42. The van der Waals surface area contributed by atoms with E-state index in [1.54, 1.807) is 7.11 Å². The van der Waals surface area contributed by atoms with Crippen molar-refractivity contribution in [2.75, 3.05) is 7.11 Å². The Hall–Kier alpha value is -1.57. The number of fused-ring (bicyclic) bond motifs is 1. The third-order valence-electron chi connectivity index (χ3n) is 3.37. The molecule has 1 atom stereocenters. The molecule has 2 heteroatoms. The topological polar surface area (TPSA) is 26.3 Å². The van der Waals surface area contributed by atoms with Crippen LogP contribution in [0.25, 0.3) is 0 Å². The average molecular weight is 230 g/mol. The smallest absolute Gasteiger partial charge is 0.170 e. The molecular weight excluding hydrogens is 212 g/mol. The van der Waals surface area contributed by atoms with Crippen molar-refractivity contribution in [1.82, 2.24) is 0 Å². The fourth-order valence-electron chi connectivity index (χ4n) is 2.42. The molecule has 0 aromatic heterocycles. The Kier molecular flexibility index (Phi) is 3.62. The van der Waals surface area contributed by atoms with E-state index in [9.17, 15) is 4.79 Å². The van der Waals surface area contributed by atoms with E-state index in [0.717, 1.165) is 36.1 Å². The number of aryl methyl sites for hydroxylation is 1. The molecule has 0 radical (unpaired) electrons. The second kappa shape index (κ2) is 5.17. The van der Waals surface area contributed by atoms with Crippen molar-refractivity contribution in [3.05, 3.63) is 41.5 Å². The van der Waals surface area contributed by atoms with Crippen LogP contribution in [0.1, 0.15) is 35.7 Å². The van der Waals surface area contributed by atoms with Crippen LogP contribution in [0.5, 0.6) is 5.75 Å². The summed E-state index contributed by atoms with van der Waals surface area (Å²) in [6, 6.07) is 5.85. The van der Waals surface area contributed by atoms with Crippen molar-refractivity contribution in [2.45, 2.75) is 26.2 Å². The Morgan fingerprint density at radius 3 is 3.00 bits per heavy atom. The molecule has 1 aliphatic rings. The molecule has 0 saturated carbocycles. The highest BCUT2D eigenvalue weighted by molar-refractivity contribution is 6.02. The number of ether oxygens (including phenoxy) is 1. The van der Waals surface area contributed by atoms with Crippen LogP contribution in [0.2, 0.25) is 0 Å². The number of hydrogen-bond acceptors (Lipinski definition) is 2. The summed E-state index contributed by atoms with van der Waals surface area (Å²) in [6.45, 7) is 1.99. The highest BCUT2D eigenvalue weighted by atomic mass is 16.5. The van der Waals surface area contributed by atoms with Crippen molar-refractivity contribution in [3.8, 4) is 5.75 Å². The lowest BCUT2D eigenvalue weighted by molar-refractivity contribution is 0.0900. The first-order valence-corrected chi connectivity index (χ1v) is 6.09. The molecule has 1 aliphatic carbocycles. The minimum Gasteiger partial charge on any atom is -0.496 e. The predicted molar refractivity (Wildman–Crippen MR) is 68.6 cm³/mol. The van der Waals surface area contributed by atoms with Gasteiger partial charge in [0.25, 0.3) is 0 Å². The minimum absolute atomic E-state index is 0.120. The third-order valence-corrected chi connectivity index (χ3v) is 3.37. The minimum atomic E-state index is 0.120. The third kappa shape index (κ3) is 2.26. The van der Waals surface area contributed by atoms with Crippen LogP contribution in [0, 0.1) is 5.92 Å². The van der Waals surface area contributed by atoms with E-state index in [1.807, 2.05) is 31.2 Å². The Morgan fingerprint density at radius 2 is 2.29 bits per heavy atom. The first-order chi connectivity index (χ1) is 8.27. The van der Waals surface area contributed by atoms with E-state index in [-0.39, 0.29) is 11.7 Å². The number of rotatable bonds is 3. The molecule has 0 bridgehead atoms. The van der Waals surface area contributed by atoms with Gasteiger partial charge in [-0.15, -0.1) is 0 Å². The number of Topliss-reactive ketones (excluding diaryl/α,β-unsaturated/α-hetero) is 1. The zero-order valence-electron chi connectivity index (χ0n) is 10.4. The number of carbonyl (C=O) groups is 1. The first kappa shape index (κ1) is 11.9. The first-order valence-electron chi connectivity index (χ1n) is 6.09. The second-order valence-corrected chi connectivity index (χ2v) is 4.40. The van der Waals surface area contributed by atoms with Gasteiger partial charge in [0.2, 0.25) is 0 Å². The maximum Gasteiger partial charge on any atom is 0.170 e. The fraction of sp³-hybridized carbons (Fsp3) is 0.400. The zero-order valence-corrected chi connectivity index (χ0v) is 10.4. The number of allylic oxidation sites excluding steroid dienone is 2. The van der Waals surface area contributed by atoms with E-state index in [0.29, 0.717) is 0 Å². The molecule has 0 heterocycles. The highest BCUT2D eigenvalue weighted by Crippen LogP contribution is 2.33. The lowest BCUT2D eigenvalue weighted by Gasteiger charge is -2.23. The van der Waals surface area contributed by atoms with Crippen molar-refractivity contribution >= 4 is 5.78 Å². The van der Waals surface area contributed by atoms with Crippen molar-refractivity contribution in [3.63, 3.8) is 0 Å². The number of hydrogen-bond donors (Lipinski definition) is 0. The van der Waals surface area contributed by atoms with Gasteiger partial charge in [-0.25, -0.2) is 0 Å². The molecule has 1 aromatic carbocycles. The number of methoxy groups -OCH3 is 1. The monoisotopic (exact) mass is 230 g/mol. The van der Waals surface area contributed by atoms with Gasteiger partial charge in [0.15, 0.2) is 5.78 Å². The SMILES string of the molecule is CC=CCC1CCc2cccc(OC)c2C1=O. The van der Waals surface area contributed by atoms with Crippen LogP contribution < -0.4 is 4.74 Å². The van der Waals surface area contributed by atoms with E-state index in [1.165, 1.54) is 0 Å². The van der Waals surface area contributed by atoms with Gasteiger partial charge in [0, 0.05) is 5.92 Å². The lowest BCUT2D eigenvalue weighted by Crippen LogP contribution is -2.22. The molecular formula is C15H18O2. The van der Waals surface area contributed by atoms with E-state index in [2.05, 4.69) is 6.08 Å². The molecule has 0 fully saturated rings. The van der Waals surface area contributed by atoms with E-state index < -0.39 is 0 Å². The van der Waals surface area contributed by atoms with Crippen LogP contribution in [0.4, 0.5) is 0 Å². The van der Waals surface area contributed by atoms with Gasteiger partial charge in [-0.05, 0) is 37.8 Å². The Bertz CT molecular complexity index is 432. The van der Waals surface area contributed by atoms with Crippen molar-refractivity contribution < 1.29 is 9.53 Å². The highest BCUT2D eigenvalue weighted by Gasteiger charge is 2.28. The van der Waals surface area contributed by atoms with Crippen molar-refractivity contribution in [2.24, 2.45) is 5.92 Å². The summed E-state index contributed by atoms with van der Waals surface area (Å²) < 4.78 is 5.30. The molecule has 0 amide bonds. The molecule has 17 heavy (non-hydrogen) atoms. The molecule has 2 rings (SSSR count). The molecule has 0 aliphatic heterocycles. The standard InChI is InChI=1S/C15H18O2/c1-3-4-6-12-10-9-11-7-5-8-13(17-2)14(11)15(12)16/h3-5,7-8,12H,6,9-10H2,1-2H3. The van der Waals surface area contributed by atoms with Gasteiger partial charge < -0.3 is 4.74 Å². The largest absolute Gasteiger partial charge is 0.496 e. The molecule has 1 aromatic rings. The summed E-state index contributed by atoms with van der Waals surface area (Å²) in [5.74, 6) is 1.08. The van der Waals surface area contributed by atoms with Gasteiger partial charge in [-0.2, -0.15) is 0 Å². The summed E-state index contributed by atoms with van der Waals surface area (Å²) in [5.41, 5.74) is 1.93. The van der Waals surface area contributed by atoms with Gasteiger partial charge in [0.05, 0.1) is 12.7 Å². The Morgan fingerprint density at radius 1 is 1.47 bits per heavy atom. The van der Waals surface area contributed by atoms with Crippen LogP contribution in [0.3, 0.4) is 0 Å². The second-order valence-electron chi connectivity index (χ2n) is 4.40. The summed E-state index contributed by atoms with van der Waals surface area (Å²) >= 11 is 0. The molecule has 0 spiro atoms. The van der Waals surface area contributed by atoms with Crippen LogP contribution in [-0.4, -0.2) is 12.9 Å². The molecule has 90 valence electrons. The van der Waals surface area contributed by atoms with Gasteiger partial charge in [-0.3, -0.25) is 4.79 Å². The quantitative estimate of drug-likeness (QED) is 0.744. The van der Waals surface area contributed by atoms with E-state index >= 15 is 0 Å². The van der Waals surface area contributed by atoms with Crippen molar-refractivity contribution in [1.29, 1.82) is 0 Å². The van der Waals surface area contributed by atoms with Crippen LogP contribution in [-0.2, 0) is 6.42 Å². The maximum atomic E-state index is 12.4. The molecule has 0 saturated heterocycles. The Labute approximate surface area is 102 Å². The summed E-state index contributed by atoms with van der Waals surface area (Å²) in [6.07, 6.45) is 6.84. The van der Waals surface area contributed by atoms with E-state index in [4.69, 9.17) is 4.74 Å². The van der Waals surface area contributed by atoms with Gasteiger partial charge in [-0.1, -0.05) is 24.3 Å². The average Bonchev–Trinajstić information content (AvgIpc) is 2.37. The zero-order chi connectivity index (χ0) is 12.3. The predicted octanol–water partition coefficient (Wildman–Crippen LogP) is 3.41. The maximum absolute atomic E-state index is 12.4. The number of benzene rings is 1. The van der Waals surface area contributed by atoms with Crippen LogP contribution in [0.15, 0.2) is 30.4 Å². The molecule has 0 N–H and O–H groups in total. The normalized spacial score (nSPS) is 19.4. The molecule has 1 unspecified atom stereocenters. The summed E-state index contributed by atoms with van der Waals surface area (Å²) in [5, 5.41) is 0. The van der Waals surface area contributed by atoms with Crippen LogP contribution >= 0.6 is 0 Å². The van der Waals surface area contributed by atoms with Gasteiger partial charge in [0.1, 0.15) is 5.75 Å². The lowest BCUT2D eigenvalue weighted by atomic mass is 9.80. The summed E-state index contributed by atoms with van der Waals surface area (Å²) in [4.78, 5) is 12.4. The summed E-state index contributed by atoms with van der Waals surface area (Å²) in [7, 11) is 1.62. The molecule has 2 nitrogen and oxygen atoms in total.